The first kappa shape index (κ1) is 13.7. The van der Waals surface area contributed by atoms with Crippen LogP contribution in [0.3, 0.4) is 0 Å². The fourth-order valence-corrected chi connectivity index (χ4v) is 2.63. The second kappa shape index (κ2) is 4.78. The van der Waals surface area contributed by atoms with Gasteiger partial charge in [-0.1, -0.05) is 6.92 Å². The van der Waals surface area contributed by atoms with E-state index in [1.54, 1.807) is 30.1 Å². The molecule has 0 atom stereocenters. The standard InChI is InChI=1S/C17H15N5O/c1-17(5-6-17)16-20-15-14(23-2)4-3-13(22(15)21-16)12-7-11(8-18)9-19-10-12/h3-4,7,9-10H,5-6H2,1-2H3. The van der Waals surface area contributed by atoms with Crippen LogP contribution in [0.4, 0.5) is 0 Å². The summed E-state index contributed by atoms with van der Waals surface area (Å²) in [6.45, 7) is 2.17. The molecule has 114 valence electrons. The number of hydrogen-bond donors (Lipinski definition) is 0. The van der Waals surface area contributed by atoms with Crippen LogP contribution in [-0.4, -0.2) is 26.7 Å². The second-order valence-corrected chi connectivity index (χ2v) is 6.09. The van der Waals surface area contributed by atoms with Crippen LogP contribution in [0.2, 0.25) is 0 Å². The van der Waals surface area contributed by atoms with Crippen LogP contribution in [0, 0.1) is 11.3 Å². The van der Waals surface area contributed by atoms with E-state index < -0.39 is 0 Å². The van der Waals surface area contributed by atoms with E-state index in [2.05, 4.69) is 23.0 Å². The lowest BCUT2D eigenvalue weighted by Crippen LogP contribution is -2.03. The fraction of sp³-hybridized carbons (Fsp3) is 0.294. The molecule has 0 spiro atoms. The zero-order valence-corrected chi connectivity index (χ0v) is 12.9. The van der Waals surface area contributed by atoms with Gasteiger partial charge in [-0.25, -0.2) is 9.50 Å². The van der Waals surface area contributed by atoms with Gasteiger partial charge in [0.25, 0.3) is 0 Å². The third kappa shape index (κ3) is 2.13. The lowest BCUT2D eigenvalue weighted by molar-refractivity contribution is 0.416. The molecule has 3 aromatic rings. The molecule has 0 aromatic carbocycles. The number of methoxy groups -OCH3 is 1. The zero-order valence-electron chi connectivity index (χ0n) is 12.9. The summed E-state index contributed by atoms with van der Waals surface area (Å²) < 4.78 is 7.21. The molecular formula is C17H15N5O. The van der Waals surface area contributed by atoms with Crippen LogP contribution in [0.25, 0.3) is 16.9 Å². The first-order chi connectivity index (χ1) is 11.1. The Morgan fingerprint density at radius 3 is 2.83 bits per heavy atom. The van der Waals surface area contributed by atoms with Gasteiger partial charge in [-0.05, 0) is 31.0 Å². The molecule has 0 unspecified atom stereocenters. The minimum Gasteiger partial charge on any atom is -0.493 e. The molecule has 1 fully saturated rings. The maximum Gasteiger partial charge on any atom is 0.198 e. The summed E-state index contributed by atoms with van der Waals surface area (Å²) >= 11 is 0. The topological polar surface area (TPSA) is 76.1 Å². The Labute approximate surface area is 133 Å². The van der Waals surface area contributed by atoms with Crippen molar-refractivity contribution in [1.29, 1.82) is 5.26 Å². The van der Waals surface area contributed by atoms with E-state index in [1.807, 2.05) is 12.1 Å². The maximum absolute atomic E-state index is 9.08. The SMILES string of the molecule is COc1ccc(-c2cncc(C#N)c2)n2nc(C3(C)CC3)nc12. The molecule has 6 heteroatoms. The molecule has 0 bridgehead atoms. The normalized spacial score (nSPS) is 15.3. The Morgan fingerprint density at radius 1 is 1.30 bits per heavy atom. The number of aromatic nitrogens is 4. The fourth-order valence-electron chi connectivity index (χ4n) is 2.63. The first-order valence-corrected chi connectivity index (χ1v) is 7.44. The second-order valence-electron chi connectivity index (χ2n) is 6.09. The van der Waals surface area contributed by atoms with E-state index in [1.165, 1.54) is 0 Å². The Morgan fingerprint density at radius 2 is 2.13 bits per heavy atom. The molecule has 0 N–H and O–H groups in total. The minimum atomic E-state index is 0.0705. The van der Waals surface area contributed by atoms with Crippen molar-refractivity contribution in [3.8, 4) is 23.1 Å². The van der Waals surface area contributed by atoms with Crippen molar-refractivity contribution in [1.82, 2.24) is 19.6 Å². The summed E-state index contributed by atoms with van der Waals surface area (Å²) in [5, 5.41) is 13.8. The summed E-state index contributed by atoms with van der Waals surface area (Å²) in [7, 11) is 1.63. The predicted molar refractivity (Wildman–Crippen MR) is 84.1 cm³/mol. The predicted octanol–water partition coefficient (Wildman–Crippen LogP) is 2.72. The molecule has 3 heterocycles. The molecule has 1 aliphatic carbocycles. The van der Waals surface area contributed by atoms with Gasteiger partial charge in [0.05, 0.1) is 18.4 Å². The van der Waals surface area contributed by atoms with Crippen molar-refractivity contribution in [3.63, 3.8) is 0 Å². The van der Waals surface area contributed by atoms with Gasteiger partial charge in [0.15, 0.2) is 17.2 Å². The zero-order chi connectivity index (χ0) is 16.0. The highest BCUT2D eigenvalue weighted by Gasteiger charge is 2.43. The average molecular weight is 305 g/mol. The first-order valence-electron chi connectivity index (χ1n) is 7.44. The van der Waals surface area contributed by atoms with Crippen molar-refractivity contribution in [2.45, 2.75) is 25.2 Å². The van der Waals surface area contributed by atoms with Crippen LogP contribution < -0.4 is 4.74 Å². The Kier molecular flexibility index (Phi) is 2.85. The maximum atomic E-state index is 9.08. The molecule has 0 aliphatic heterocycles. The Bertz CT molecular complexity index is 949. The van der Waals surface area contributed by atoms with E-state index in [4.69, 9.17) is 15.1 Å². The van der Waals surface area contributed by atoms with E-state index in [9.17, 15) is 0 Å². The van der Waals surface area contributed by atoms with Gasteiger partial charge < -0.3 is 4.74 Å². The molecule has 0 radical (unpaired) electrons. The highest BCUT2D eigenvalue weighted by atomic mass is 16.5. The van der Waals surface area contributed by atoms with Gasteiger partial charge in [-0.2, -0.15) is 5.26 Å². The van der Waals surface area contributed by atoms with Crippen LogP contribution >= 0.6 is 0 Å². The van der Waals surface area contributed by atoms with Crippen molar-refractivity contribution < 1.29 is 4.74 Å². The van der Waals surface area contributed by atoms with E-state index in [0.717, 1.165) is 29.9 Å². The number of nitriles is 1. The summed E-state index contributed by atoms with van der Waals surface area (Å²) in [5.41, 5.74) is 2.94. The summed E-state index contributed by atoms with van der Waals surface area (Å²) in [4.78, 5) is 8.82. The third-order valence-corrected chi connectivity index (χ3v) is 4.37. The smallest absolute Gasteiger partial charge is 0.198 e. The van der Waals surface area contributed by atoms with Gasteiger partial charge in [-0.15, -0.1) is 5.10 Å². The monoisotopic (exact) mass is 305 g/mol. The van der Waals surface area contributed by atoms with Crippen molar-refractivity contribution >= 4 is 5.65 Å². The third-order valence-electron chi connectivity index (χ3n) is 4.37. The minimum absolute atomic E-state index is 0.0705. The van der Waals surface area contributed by atoms with Crippen LogP contribution in [0.1, 0.15) is 31.2 Å². The number of ether oxygens (including phenoxy) is 1. The quantitative estimate of drug-likeness (QED) is 0.743. The van der Waals surface area contributed by atoms with Gasteiger partial charge in [0.2, 0.25) is 0 Å². The number of pyridine rings is 2. The van der Waals surface area contributed by atoms with Gasteiger partial charge in [0, 0.05) is 23.4 Å². The Balaban J connectivity index is 1.96. The number of nitrogens with zero attached hydrogens (tertiary/aromatic N) is 5. The van der Waals surface area contributed by atoms with Crippen LogP contribution in [0.15, 0.2) is 30.6 Å². The molecule has 1 saturated carbocycles. The van der Waals surface area contributed by atoms with E-state index >= 15 is 0 Å². The summed E-state index contributed by atoms with van der Waals surface area (Å²) in [6, 6.07) is 7.70. The van der Waals surface area contributed by atoms with Gasteiger partial charge in [-0.3, -0.25) is 4.98 Å². The number of rotatable bonds is 3. The Hall–Kier alpha value is -2.94. The highest BCUT2D eigenvalue weighted by molar-refractivity contribution is 5.67. The van der Waals surface area contributed by atoms with Crippen LogP contribution in [0.5, 0.6) is 5.75 Å². The van der Waals surface area contributed by atoms with Crippen molar-refractivity contribution in [3.05, 3.63) is 42.0 Å². The molecule has 0 saturated heterocycles. The van der Waals surface area contributed by atoms with Crippen molar-refractivity contribution in [2.75, 3.05) is 7.11 Å². The molecule has 4 rings (SSSR count). The lowest BCUT2D eigenvalue weighted by Gasteiger charge is -2.07. The molecule has 23 heavy (non-hydrogen) atoms. The van der Waals surface area contributed by atoms with E-state index in [-0.39, 0.29) is 5.41 Å². The largest absolute Gasteiger partial charge is 0.493 e. The molecule has 1 aliphatic rings. The molecule has 6 nitrogen and oxygen atoms in total. The van der Waals surface area contributed by atoms with Crippen LogP contribution in [-0.2, 0) is 5.41 Å². The van der Waals surface area contributed by atoms with E-state index in [0.29, 0.717) is 17.0 Å². The molecule has 3 aromatic heterocycles. The molecule has 0 amide bonds. The molecular weight excluding hydrogens is 290 g/mol. The average Bonchev–Trinajstić information content (AvgIpc) is 3.17. The number of hydrogen-bond acceptors (Lipinski definition) is 5. The number of fused-ring (bicyclic) bond motifs is 1. The lowest BCUT2D eigenvalue weighted by atomic mass is 10.1. The highest BCUT2D eigenvalue weighted by Crippen LogP contribution is 2.46. The van der Waals surface area contributed by atoms with Gasteiger partial charge >= 0.3 is 0 Å². The van der Waals surface area contributed by atoms with Crippen molar-refractivity contribution in [2.24, 2.45) is 0 Å². The van der Waals surface area contributed by atoms with Gasteiger partial charge in [0.1, 0.15) is 6.07 Å². The summed E-state index contributed by atoms with van der Waals surface area (Å²) in [6.07, 6.45) is 5.48. The summed E-state index contributed by atoms with van der Waals surface area (Å²) in [5.74, 6) is 1.52.